The van der Waals surface area contributed by atoms with Crippen molar-refractivity contribution < 1.29 is 4.79 Å². The lowest BCUT2D eigenvalue weighted by Gasteiger charge is -1.97. The monoisotopic (exact) mass is 175 g/mol. The largest absolute Gasteiger partial charge is 0.274 e. The van der Waals surface area contributed by atoms with Crippen LogP contribution in [-0.4, -0.2) is 10.9 Å². The summed E-state index contributed by atoms with van der Waals surface area (Å²) in [6.45, 7) is 0. The van der Waals surface area contributed by atoms with Gasteiger partial charge in [0.15, 0.2) is 6.19 Å². The van der Waals surface area contributed by atoms with Crippen molar-refractivity contribution in [1.82, 2.24) is 10.3 Å². The molecule has 0 bridgehead atoms. The molecule has 0 aliphatic carbocycles. The van der Waals surface area contributed by atoms with Crippen molar-refractivity contribution in [2.75, 3.05) is 0 Å². The van der Waals surface area contributed by atoms with Gasteiger partial charge in [0.1, 0.15) is 0 Å². The highest BCUT2D eigenvalue weighted by Gasteiger charge is 1.99. The Morgan fingerprint density at radius 2 is 2.23 bits per heavy atom. The van der Waals surface area contributed by atoms with Crippen molar-refractivity contribution in [2.45, 2.75) is 12.8 Å². The van der Waals surface area contributed by atoms with Crippen LogP contribution >= 0.6 is 0 Å². The van der Waals surface area contributed by atoms with E-state index >= 15 is 0 Å². The Morgan fingerprint density at radius 1 is 1.54 bits per heavy atom. The van der Waals surface area contributed by atoms with E-state index in [4.69, 9.17) is 5.26 Å². The zero-order valence-electron chi connectivity index (χ0n) is 7.03. The fourth-order valence-electron chi connectivity index (χ4n) is 0.932. The van der Waals surface area contributed by atoms with Crippen LogP contribution in [0, 0.1) is 11.5 Å². The number of nitriles is 1. The first-order valence-corrected chi connectivity index (χ1v) is 3.90. The predicted octanol–water partition coefficient (Wildman–Crippen LogP) is 0.611. The van der Waals surface area contributed by atoms with E-state index in [9.17, 15) is 4.79 Å². The number of nitrogens with zero attached hydrogens (tertiary/aromatic N) is 2. The molecule has 0 fully saturated rings. The summed E-state index contributed by atoms with van der Waals surface area (Å²) in [4.78, 5) is 14.7. The maximum absolute atomic E-state index is 10.9. The van der Waals surface area contributed by atoms with E-state index in [2.05, 4.69) is 10.3 Å². The third kappa shape index (κ3) is 3.34. The second kappa shape index (κ2) is 4.88. The van der Waals surface area contributed by atoms with Crippen molar-refractivity contribution in [3.63, 3.8) is 0 Å². The van der Waals surface area contributed by atoms with Crippen molar-refractivity contribution >= 4 is 5.91 Å². The molecule has 0 spiro atoms. The second-order valence-electron chi connectivity index (χ2n) is 2.52. The molecule has 13 heavy (non-hydrogen) atoms. The summed E-state index contributed by atoms with van der Waals surface area (Å²) in [6.07, 6.45) is 5.91. The Kier molecular flexibility index (Phi) is 3.45. The minimum atomic E-state index is -0.251. The molecule has 66 valence electrons. The summed E-state index contributed by atoms with van der Waals surface area (Å²) < 4.78 is 0. The second-order valence-corrected chi connectivity index (χ2v) is 2.52. The van der Waals surface area contributed by atoms with Crippen LogP contribution in [0.5, 0.6) is 0 Å². The molecule has 0 unspecified atom stereocenters. The molecule has 0 radical (unpaired) electrons. The Morgan fingerprint density at radius 3 is 2.85 bits per heavy atom. The molecular weight excluding hydrogens is 166 g/mol. The number of aromatic nitrogens is 1. The van der Waals surface area contributed by atoms with E-state index < -0.39 is 0 Å². The molecule has 0 aromatic carbocycles. The molecular formula is C9H9N3O. The number of nitrogens with one attached hydrogen (secondary N) is 1. The lowest BCUT2D eigenvalue weighted by molar-refractivity contribution is -0.119. The topological polar surface area (TPSA) is 65.8 Å². The minimum Gasteiger partial charge on any atom is -0.274 e. The van der Waals surface area contributed by atoms with Crippen molar-refractivity contribution in [3.05, 3.63) is 30.1 Å². The fourth-order valence-corrected chi connectivity index (χ4v) is 0.932. The zero-order valence-corrected chi connectivity index (χ0v) is 7.03. The summed E-state index contributed by atoms with van der Waals surface area (Å²) in [5.41, 5.74) is 1.04. The summed E-state index contributed by atoms with van der Waals surface area (Å²) in [5.74, 6) is -0.251. The lowest BCUT2D eigenvalue weighted by Crippen LogP contribution is -2.17. The third-order valence-corrected chi connectivity index (χ3v) is 1.59. The molecule has 0 aliphatic heterocycles. The first-order chi connectivity index (χ1) is 6.33. The van der Waals surface area contributed by atoms with Gasteiger partial charge in [-0.25, -0.2) is 0 Å². The van der Waals surface area contributed by atoms with Crippen LogP contribution in [0.25, 0.3) is 0 Å². The maximum Gasteiger partial charge on any atom is 0.233 e. The normalized spacial score (nSPS) is 8.85. The van der Waals surface area contributed by atoms with Gasteiger partial charge in [-0.3, -0.25) is 15.1 Å². The van der Waals surface area contributed by atoms with E-state index in [-0.39, 0.29) is 5.91 Å². The van der Waals surface area contributed by atoms with Crippen LogP contribution in [0.15, 0.2) is 24.5 Å². The number of rotatable bonds is 3. The average molecular weight is 175 g/mol. The van der Waals surface area contributed by atoms with E-state index in [0.717, 1.165) is 5.56 Å². The summed E-state index contributed by atoms with van der Waals surface area (Å²) in [6, 6.07) is 3.69. The summed E-state index contributed by atoms with van der Waals surface area (Å²) >= 11 is 0. The minimum absolute atomic E-state index is 0.251. The van der Waals surface area contributed by atoms with Gasteiger partial charge < -0.3 is 0 Å². The molecule has 1 aromatic heterocycles. The first-order valence-electron chi connectivity index (χ1n) is 3.90. The van der Waals surface area contributed by atoms with Gasteiger partial charge in [-0.1, -0.05) is 0 Å². The highest BCUT2D eigenvalue weighted by atomic mass is 16.1. The molecule has 0 atom stereocenters. The smallest absolute Gasteiger partial charge is 0.233 e. The van der Waals surface area contributed by atoms with E-state index in [1.54, 1.807) is 18.6 Å². The van der Waals surface area contributed by atoms with Crippen LogP contribution in [0.2, 0.25) is 0 Å². The molecule has 1 rings (SSSR count). The highest BCUT2D eigenvalue weighted by Crippen LogP contribution is 1.99. The maximum atomic E-state index is 10.9. The summed E-state index contributed by atoms with van der Waals surface area (Å²) in [5, 5.41) is 10.2. The number of hydrogen-bond acceptors (Lipinski definition) is 3. The van der Waals surface area contributed by atoms with Gasteiger partial charge in [0.05, 0.1) is 0 Å². The van der Waals surface area contributed by atoms with Crippen molar-refractivity contribution in [3.8, 4) is 6.19 Å². The number of hydrogen-bond donors (Lipinski definition) is 1. The quantitative estimate of drug-likeness (QED) is 0.540. The lowest BCUT2D eigenvalue weighted by atomic mass is 10.1. The number of pyridine rings is 1. The summed E-state index contributed by atoms with van der Waals surface area (Å²) in [7, 11) is 0. The number of carbonyl (C=O) groups excluding carboxylic acids is 1. The van der Waals surface area contributed by atoms with Crippen molar-refractivity contribution in [2.24, 2.45) is 0 Å². The van der Waals surface area contributed by atoms with Crippen molar-refractivity contribution in [1.29, 1.82) is 5.26 Å². The standard InChI is InChI=1S/C9H9N3O/c10-7-12-9(13)2-1-8-3-5-11-6-4-8/h3-6H,1-2H2,(H,12,13). The van der Waals surface area contributed by atoms with Gasteiger partial charge in [0.2, 0.25) is 5.91 Å². The SMILES string of the molecule is N#CNC(=O)CCc1ccncc1. The molecule has 0 saturated heterocycles. The molecule has 1 N–H and O–H groups in total. The number of aryl methyl sites for hydroxylation is 1. The fraction of sp³-hybridized carbons (Fsp3) is 0.222. The van der Waals surface area contributed by atoms with Crippen LogP contribution in [0.3, 0.4) is 0 Å². The Labute approximate surface area is 76.2 Å². The Bertz CT molecular complexity index is 315. The Balaban J connectivity index is 2.36. The number of carbonyl (C=O) groups is 1. The molecule has 0 aliphatic rings. The first kappa shape index (κ1) is 9.20. The van der Waals surface area contributed by atoms with Gasteiger partial charge in [-0.2, -0.15) is 5.26 Å². The van der Waals surface area contributed by atoms with Gasteiger partial charge >= 0.3 is 0 Å². The van der Waals surface area contributed by atoms with Crippen LogP contribution < -0.4 is 5.32 Å². The Hall–Kier alpha value is -1.89. The molecule has 1 heterocycles. The van der Waals surface area contributed by atoms with E-state index in [0.29, 0.717) is 12.8 Å². The molecule has 0 saturated carbocycles. The van der Waals surface area contributed by atoms with Gasteiger partial charge in [0, 0.05) is 18.8 Å². The van der Waals surface area contributed by atoms with Gasteiger partial charge in [-0.05, 0) is 24.1 Å². The van der Waals surface area contributed by atoms with E-state index in [1.807, 2.05) is 12.1 Å². The zero-order chi connectivity index (χ0) is 9.52. The van der Waals surface area contributed by atoms with Gasteiger partial charge in [-0.15, -0.1) is 0 Å². The molecule has 1 amide bonds. The van der Waals surface area contributed by atoms with Crippen LogP contribution in [0.4, 0.5) is 0 Å². The van der Waals surface area contributed by atoms with E-state index in [1.165, 1.54) is 0 Å². The van der Waals surface area contributed by atoms with Gasteiger partial charge in [0.25, 0.3) is 0 Å². The molecule has 4 heteroatoms. The molecule has 1 aromatic rings. The van der Waals surface area contributed by atoms with Crippen LogP contribution in [-0.2, 0) is 11.2 Å². The molecule has 4 nitrogen and oxygen atoms in total. The number of amides is 1. The third-order valence-electron chi connectivity index (χ3n) is 1.59. The van der Waals surface area contributed by atoms with Crippen LogP contribution in [0.1, 0.15) is 12.0 Å². The predicted molar refractivity (Wildman–Crippen MR) is 46.3 cm³/mol. The average Bonchev–Trinajstić information content (AvgIpc) is 2.17. The highest BCUT2D eigenvalue weighted by molar-refractivity contribution is 5.77.